The zero-order valence-electron chi connectivity index (χ0n) is 10.9. The third kappa shape index (κ3) is 3.41. The van der Waals surface area contributed by atoms with Gasteiger partial charge in [-0.05, 0) is 38.6 Å². The highest BCUT2D eigenvalue weighted by Gasteiger charge is 2.30. The van der Waals surface area contributed by atoms with Crippen LogP contribution in [0.5, 0.6) is 0 Å². The van der Waals surface area contributed by atoms with E-state index in [0.717, 1.165) is 58.7 Å². The standard InChI is InChI=1S/C13H26N2O2/c1-15(12-4-8-17-9-5-12)13(10-14)11-2-6-16-7-3-11/h11-13H,2-10,14H2,1H3. The van der Waals surface area contributed by atoms with Crippen molar-refractivity contribution in [2.24, 2.45) is 11.7 Å². The van der Waals surface area contributed by atoms with Crippen molar-refractivity contribution >= 4 is 0 Å². The van der Waals surface area contributed by atoms with E-state index < -0.39 is 0 Å². The molecule has 2 rings (SSSR count). The Bertz CT molecular complexity index is 213. The van der Waals surface area contributed by atoms with Gasteiger partial charge in [-0.2, -0.15) is 0 Å². The van der Waals surface area contributed by atoms with Crippen LogP contribution in [-0.4, -0.2) is 57.0 Å². The lowest BCUT2D eigenvalue weighted by atomic mass is 9.89. The molecule has 0 spiro atoms. The molecule has 0 saturated carbocycles. The Hall–Kier alpha value is -0.160. The molecule has 4 nitrogen and oxygen atoms in total. The van der Waals surface area contributed by atoms with Gasteiger partial charge in [0.05, 0.1) is 0 Å². The van der Waals surface area contributed by atoms with E-state index >= 15 is 0 Å². The number of nitrogens with zero attached hydrogens (tertiary/aromatic N) is 1. The fourth-order valence-electron chi connectivity index (χ4n) is 3.16. The molecule has 0 radical (unpaired) electrons. The number of likely N-dealkylation sites (N-methyl/N-ethyl adjacent to an activating group) is 1. The Kier molecular flexibility index (Phi) is 5.22. The summed E-state index contributed by atoms with van der Waals surface area (Å²) in [7, 11) is 2.24. The van der Waals surface area contributed by atoms with Gasteiger partial charge in [0.1, 0.15) is 0 Å². The quantitative estimate of drug-likeness (QED) is 0.794. The number of rotatable bonds is 4. The van der Waals surface area contributed by atoms with Crippen molar-refractivity contribution in [2.75, 3.05) is 40.0 Å². The molecule has 2 fully saturated rings. The van der Waals surface area contributed by atoms with Crippen LogP contribution in [0.2, 0.25) is 0 Å². The first-order valence-electron chi connectivity index (χ1n) is 6.90. The minimum atomic E-state index is 0.516. The smallest absolute Gasteiger partial charge is 0.0480 e. The molecule has 0 amide bonds. The van der Waals surface area contributed by atoms with E-state index in [4.69, 9.17) is 15.2 Å². The summed E-state index contributed by atoms with van der Waals surface area (Å²) in [4.78, 5) is 2.51. The molecule has 0 aromatic carbocycles. The number of hydrogen-bond donors (Lipinski definition) is 1. The second kappa shape index (κ2) is 6.69. The van der Waals surface area contributed by atoms with Gasteiger partial charge in [0.15, 0.2) is 0 Å². The van der Waals surface area contributed by atoms with Crippen molar-refractivity contribution in [3.05, 3.63) is 0 Å². The van der Waals surface area contributed by atoms with Crippen molar-refractivity contribution in [3.63, 3.8) is 0 Å². The van der Waals surface area contributed by atoms with E-state index in [1.165, 1.54) is 0 Å². The number of ether oxygens (including phenoxy) is 2. The minimum Gasteiger partial charge on any atom is -0.381 e. The topological polar surface area (TPSA) is 47.7 Å². The second-order valence-electron chi connectivity index (χ2n) is 5.26. The number of hydrogen-bond acceptors (Lipinski definition) is 4. The summed E-state index contributed by atoms with van der Waals surface area (Å²) in [5.74, 6) is 0.710. The van der Waals surface area contributed by atoms with Crippen LogP contribution in [0.4, 0.5) is 0 Å². The maximum atomic E-state index is 6.00. The van der Waals surface area contributed by atoms with Crippen molar-refractivity contribution in [2.45, 2.75) is 37.8 Å². The van der Waals surface area contributed by atoms with Gasteiger partial charge in [-0.3, -0.25) is 4.90 Å². The lowest BCUT2D eigenvalue weighted by molar-refractivity contribution is -0.00625. The van der Waals surface area contributed by atoms with Crippen molar-refractivity contribution in [1.82, 2.24) is 4.90 Å². The fraction of sp³-hybridized carbons (Fsp3) is 1.00. The highest BCUT2D eigenvalue weighted by Crippen LogP contribution is 2.25. The van der Waals surface area contributed by atoms with Gasteiger partial charge >= 0.3 is 0 Å². The summed E-state index contributed by atoms with van der Waals surface area (Å²) in [5, 5.41) is 0. The predicted molar refractivity (Wildman–Crippen MR) is 68.0 cm³/mol. The van der Waals surface area contributed by atoms with Crippen LogP contribution >= 0.6 is 0 Å². The highest BCUT2D eigenvalue weighted by atomic mass is 16.5. The molecule has 2 aliphatic rings. The Morgan fingerprint density at radius 2 is 1.59 bits per heavy atom. The monoisotopic (exact) mass is 242 g/mol. The summed E-state index contributed by atoms with van der Waals surface area (Å²) in [6.45, 7) is 4.38. The highest BCUT2D eigenvalue weighted by molar-refractivity contribution is 4.85. The van der Waals surface area contributed by atoms with E-state index in [1.807, 2.05) is 0 Å². The molecule has 2 aliphatic heterocycles. The van der Waals surface area contributed by atoms with Crippen LogP contribution in [0.3, 0.4) is 0 Å². The average Bonchev–Trinajstić information content (AvgIpc) is 2.42. The zero-order valence-corrected chi connectivity index (χ0v) is 10.9. The second-order valence-corrected chi connectivity index (χ2v) is 5.26. The molecular weight excluding hydrogens is 216 g/mol. The first-order chi connectivity index (χ1) is 8.33. The van der Waals surface area contributed by atoms with Crippen molar-refractivity contribution in [3.8, 4) is 0 Å². The SMILES string of the molecule is CN(C1CCOCC1)C(CN)C1CCOCC1. The first kappa shape index (κ1) is 13.3. The molecule has 1 atom stereocenters. The molecular formula is C13H26N2O2. The lowest BCUT2D eigenvalue weighted by Gasteiger charge is -2.41. The van der Waals surface area contributed by atoms with Crippen LogP contribution in [0, 0.1) is 5.92 Å². The van der Waals surface area contributed by atoms with Gasteiger partial charge in [0, 0.05) is 45.1 Å². The first-order valence-corrected chi connectivity index (χ1v) is 6.90. The molecule has 100 valence electrons. The van der Waals surface area contributed by atoms with E-state index in [9.17, 15) is 0 Å². The summed E-state index contributed by atoms with van der Waals surface area (Å²) in [6, 6.07) is 1.17. The van der Waals surface area contributed by atoms with Crippen LogP contribution in [0.1, 0.15) is 25.7 Å². The molecule has 1 unspecified atom stereocenters. The van der Waals surface area contributed by atoms with Gasteiger partial charge in [-0.25, -0.2) is 0 Å². The maximum absolute atomic E-state index is 6.00. The van der Waals surface area contributed by atoms with Gasteiger partial charge in [0.2, 0.25) is 0 Å². The van der Waals surface area contributed by atoms with Crippen molar-refractivity contribution < 1.29 is 9.47 Å². The molecule has 2 saturated heterocycles. The van der Waals surface area contributed by atoms with E-state index in [0.29, 0.717) is 18.0 Å². The van der Waals surface area contributed by atoms with E-state index in [1.54, 1.807) is 0 Å². The zero-order chi connectivity index (χ0) is 12.1. The van der Waals surface area contributed by atoms with Crippen molar-refractivity contribution in [1.29, 1.82) is 0 Å². The fourth-order valence-corrected chi connectivity index (χ4v) is 3.16. The van der Waals surface area contributed by atoms with Gasteiger partial charge < -0.3 is 15.2 Å². The van der Waals surface area contributed by atoms with Crippen LogP contribution < -0.4 is 5.73 Å². The summed E-state index contributed by atoms with van der Waals surface area (Å²) >= 11 is 0. The maximum Gasteiger partial charge on any atom is 0.0480 e. The Morgan fingerprint density at radius 1 is 1.06 bits per heavy atom. The molecule has 2 heterocycles. The third-order valence-corrected chi connectivity index (χ3v) is 4.34. The van der Waals surface area contributed by atoms with E-state index in [-0.39, 0.29) is 0 Å². The minimum absolute atomic E-state index is 0.516. The molecule has 4 heteroatoms. The van der Waals surface area contributed by atoms with E-state index in [2.05, 4.69) is 11.9 Å². The van der Waals surface area contributed by atoms with Crippen LogP contribution in [0.25, 0.3) is 0 Å². The summed E-state index contributed by atoms with van der Waals surface area (Å²) in [5.41, 5.74) is 6.00. The summed E-state index contributed by atoms with van der Waals surface area (Å²) in [6.07, 6.45) is 4.62. The molecule has 2 N–H and O–H groups in total. The van der Waals surface area contributed by atoms with Gasteiger partial charge in [-0.1, -0.05) is 0 Å². The van der Waals surface area contributed by atoms with Crippen LogP contribution in [-0.2, 0) is 9.47 Å². The normalized spacial score (nSPS) is 26.3. The Balaban J connectivity index is 1.90. The van der Waals surface area contributed by atoms with Gasteiger partial charge in [0.25, 0.3) is 0 Å². The Labute approximate surface area is 104 Å². The molecule has 17 heavy (non-hydrogen) atoms. The molecule has 0 aromatic heterocycles. The van der Waals surface area contributed by atoms with Crippen LogP contribution in [0.15, 0.2) is 0 Å². The van der Waals surface area contributed by atoms with Gasteiger partial charge in [-0.15, -0.1) is 0 Å². The lowest BCUT2D eigenvalue weighted by Crippen LogP contribution is -2.51. The molecule has 0 aromatic rings. The largest absolute Gasteiger partial charge is 0.381 e. The number of nitrogens with two attached hydrogens (primary N) is 1. The summed E-state index contributed by atoms with van der Waals surface area (Å²) < 4.78 is 10.9. The average molecular weight is 242 g/mol. The third-order valence-electron chi connectivity index (χ3n) is 4.34. The predicted octanol–water partition coefficient (Wildman–Crippen LogP) is 0.851. The molecule has 0 bridgehead atoms. The molecule has 0 aliphatic carbocycles. The Morgan fingerprint density at radius 3 is 2.12 bits per heavy atom.